The number of carbonyl (C=O) groups excluding carboxylic acids is 2. The molecule has 1 aromatic rings. The van der Waals surface area contributed by atoms with E-state index in [1.807, 2.05) is 13.8 Å². The molecule has 13 heteroatoms. The second kappa shape index (κ2) is 12.8. The van der Waals surface area contributed by atoms with E-state index in [-0.39, 0.29) is 19.0 Å². The van der Waals surface area contributed by atoms with Crippen LogP contribution < -0.4 is 11.0 Å². The Labute approximate surface area is 203 Å². The minimum absolute atomic E-state index is 0.0926. The number of anilines is 1. The lowest BCUT2D eigenvalue weighted by Gasteiger charge is -2.35. The van der Waals surface area contributed by atoms with Gasteiger partial charge in [-0.05, 0) is 25.8 Å². The molecule has 0 spiro atoms. The summed E-state index contributed by atoms with van der Waals surface area (Å²) in [5.41, 5.74) is -3.50. The number of rotatable bonds is 12. The molecule has 0 aromatic carbocycles. The summed E-state index contributed by atoms with van der Waals surface area (Å²) in [6.07, 6.45) is 1.05. The molecule has 0 unspecified atom stereocenters. The number of aromatic nitrogens is 2. The summed E-state index contributed by atoms with van der Waals surface area (Å²) in [5, 5.41) is 34.2. The summed E-state index contributed by atoms with van der Waals surface area (Å²) in [6, 6.07) is 1.18. The van der Waals surface area contributed by atoms with Gasteiger partial charge in [-0.15, -0.1) is 0 Å². The molecule has 1 saturated heterocycles. The second-order valence-electron chi connectivity index (χ2n) is 8.37. The standard InChI is InChI=1S/C22H35N3O10/c1-4-6-8-12-32-19(28)24-16-10-11-25(18(27)23-16)22(31)21(3,30)17(15(14-26)35-22)34-20(29)33-13-9-7-5-2/h10-11,15,17,26,30-31H,4-9,12-14H2,1-3H3,(H,23,24,27,28)/t15-,17-,21-,22-/m1/s1. The Balaban J connectivity index is 2.14. The van der Waals surface area contributed by atoms with Gasteiger partial charge in [0.2, 0.25) is 0 Å². The molecule has 1 amide bonds. The fourth-order valence-electron chi connectivity index (χ4n) is 3.57. The molecule has 2 heterocycles. The Morgan fingerprint density at radius 1 is 1.14 bits per heavy atom. The van der Waals surface area contributed by atoms with Gasteiger partial charge in [-0.25, -0.2) is 19.0 Å². The third-order valence-electron chi connectivity index (χ3n) is 5.58. The molecule has 0 radical (unpaired) electrons. The molecular formula is C22H35N3O10. The van der Waals surface area contributed by atoms with Crippen LogP contribution in [0.3, 0.4) is 0 Å². The molecular weight excluding hydrogens is 466 g/mol. The molecule has 0 saturated carbocycles. The zero-order chi connectivity index (χ0) is 26.1. The fourth-order valence-corrected chi connectivity index (χ4v) is 3.57. The van der Waals surface area contributed by atoms with Crippen LogP contribution >= 0.6 is 0 Å². The molecule has 2 rings (SSSR count). The van der Waals surface area contributed by atoms with E-state index in [4.69, 9.17) is 18.9 Å². The number of ether oxygens (including phenoxy) is 4. The quantitative estimate of drug-likeness (QED) is 0.240. The topological polar surface area (TPSA) is 179 Å². The molecule has 4 N–H and O–H groups in total. The molecule has 1 aliphatic heterocycles. The van der Waals surface area contributed by atoms with Gasteiger partial charge < -0.3 is 34.3 Å². The highest BCUT2D eigenvalue weighted by molar-refractivity contribution is 5.83. The van der Waals surface area contributed by atoms with Crippen LogP contribution in [0.25, 0.3) is 0 Å². The first-order valence-corrected chi connectivity index (χ1v) is 11.7. The van der Waals surface area contributed by atoms with Gasteiger partial charge in [0.1, 0.15) is 11.9 Å². The van der Waals surface area contributed by atoms with Crippen LogP contribution in [0.1, 0.15) is 59.3 Å². The number of amides is 1. The van der Waals surface area contributed by atoms with Crippen molar-refractivity contribution in [1.82, 2.24) is 9.55 Å². The van der Waals surface area contributed by atoms with Gasteiger partial charge in [-0.3, -0.25) is 5.32 Å². The Morgan fingerprint density at radius 3 is 2.34 bits per heavy atom. The van der Waals surface area contributed by atoms with Crippen molar-refractivity contribution in [3.05, 3.63) is 22.7 Å². The summed E-state index contributed by atoms with van der Waals surface area (Å²) < 4.78 is 21.0. The molecule has 198 valence electrons. The van der Waals surface area contributed by atoms with E-state index in [2.05, 4.69) is 10.3 Å². The van der Waals surface area contributed by atoms with Gasteiger partial charge in [0.25, 0.3) is 5.91 Å². The van der Waals surface area contributed by atoms with Crippen LogP contribution in [0.15, 0.2) is 17.1 Å². The Morgan fingerprint density at radius 2 is 1.77 bits per heavy atom. The molecule has 1 aliphatic rings. The first kappa shape index (κ1) is 28.5. The summed E-state index contributed by atoms with van der Waals surface area (Å²) in [6.45, 7) is 4.61. The smallest absolute Gasteiger partial charge is 0.449 e. The molecule has 1 aromatic heterocycles. The molecule has 13 nitrogen and oxygen atoms in total. The van der Waals surface area contributed by atoms with Crippen molar-refractivity contribution in [1.29, 1.82) is 0 Å². The van der Waals surface area contributed by atoms with Gasteiger partial charge in [0.05, 0.1) is 19.8 Å². The maximum atomic E-state index is 12.6. The summed E-state index contributed by atoms with van der Waals surface area (Å²) in [7, 11) is 0. The third-order valence-corrected chi connectivity index (χ3v) is 5.58. The first-order chi connectivity index (χ1) is 16.6. The lowest BCUT2D eigenvalue weighted by atomic mass is 9.94. The lowest BCUT2D eigenvalue weighted by Crippen LogP contribution is -2.59. The highest BCUT2D eigenvalue weighted by Gasteiger charge is 2.66. The van der Waals surface area contributed by atoms with Crippen LogP contribution in [-0.2, 0) is 24.9 Å². The largest absolute Gasteiger partial charge is 0.508 e. The normalized spacial score (nSPS) is 25.8. The minimum atomic E-state index is -2.77. The highest BCUT2D eigenvalue weighted by atomic mass is 16.8. The van der Waals surface area contributed by atoms with Gasteiger partial charge in [-0.1, -0.05) is 39.5 Å². The molecule has 0 aliphatic carbocycles. The Bertz CT molecular complexity index is 906. The van der Waals surface area contributed by atoms with Gasteiger partial charge in [0, 0.05) is 6.20 Å². The number of unbranched alkanes of at least 4 members (excludes halogenated alkanes) is 4. The van der Waals surface area contributed by atoms with E-state index in [0.29, 0.717) is 17.4 Å². The van der Waals surface area contributed by atoms with E-state index in [9.17, 15) is 29.7 Å². The Hall–Kier alpha value is -2.74. The number of aliphatic hydroxyl groups is 3. The van der Waals surface area contributed by atoms with Crippen LogP contribution in [0.4, 0.5) is 15.4 Å². The van der Waals surface area contributed by atoms with E-state index in [0.717, 1.165) is 38.8 Å². The molecule has 0 bridgehead atoms. The number of carbonyl (C=O) groups is 2. The van der Waals surface area contributed by atoms with Gasteiger partial charge >= 0.3 is 17.9 Å². The van der Waals surface area contributed by atoms with E-state index >= 15 is 0 Å². The van der Waals surface area contributed by atoms with Crippen molar-refractivity contribution < 1.29 is 43.9 Å². The van der Waals surface area contributed by atoms with Crippen LogP contribution in [0.2, 0.25) is 0 Å². The monoisotopic (exact) mass is 501 g/mol. The van der Waals surface area contributed by atoms with Crippen molar-refractivity contribution in [3.63, 3.8) is 0 Å². The SMILES string of the molecule is CCCCCOC(=O)Nc1ccn([C@]2(O)O[C@H](CO)[C@@H](OC(=O)OCCCCC)[C@@]2(C)O)c(=O)n1. The van der Waals surface area contributed by atoms with E-state index in [1.54, 1.807) is 0 Å². The summed E-state index contributed by atoms with van der Waals surface area (Å²) >= 11 is 0. The zero-order valence-corrected chi connectivity index (χ0v) is 20.3. The average Bonchev–Trinajstić information content (AvgIpc) is 3.00. The predicted octanol–water partition coefficient (Wildman–Crippen LogP) is 1.44. The maximum Gasteiger partial charge on any atom is 0.508 e. The number of aliphatic hydroxyl groups excluding tert-OH is 1. The van der Waals surface area contributed by atoms with Crippen molar-refractivity contribution in [2.75, 3.05) is 25.1 Å². The third kappa shape index (κ3) is 6.90. The number of nitrogens with zero attached hydrogens (tertiary/aromatic N) is 2. The van der Waals surface area contributed by atoms with E-state index in [1.165, 1.54) is 6.07 Å². The first-order valence-electron chi connectivity index (χ1n) is 11.7. The van der Waals surface area contributed by atoms with E-state index < -0.39 is 48.3 Å². The Kier molecular flexibility index (Phi) is 10.4. The van der Waals surface area contributed by atoms with Gasteiger partial charge in [0.15, 0.2) is 11.7 Å². The molecule has 1 fully saturated rings. The zero-order valence-electron chi connectivity index (χ0n) is 20.3. The van der Waals surface area contributed by atoms with Crippen molar-refractivity contribution in [2.45, 2.75) is 83.0 Å². The second-order valence-corrected chi connectivity index (χ2v) is 8.37. The average molecular weight is 502 g/mol. The highest BCUT2D eigenvalue weighted by Crippen LogP contribution is 2.42. The molecule has 4 atom stereocenters. The summed E-state index contributed by atoms with van der Waals surface area (Å²) in [5.74, 6) is -2.92. The van der Waals surface area contributed by atoms with Crippen LogP contribution in [0, 0.1) is 0 Å². The maximum absolute atomic E-state index is 12.6. The van der Waals surface area contributed by atoms with Crippen LogP contribution in [-0.4, -0.2) is 74.7 Å². The summed E-state index contributed by atoms with van der Waals surface area (Å²) in [4.78, 5) is 40.2. The number of hydrogen-bond acceptors (Lipinski definition) is 11. The van der Waals surface area contributed by atoms with Gasteiger partial charge in [-0.2, -0.15) is 4.98 Å². The molecule has 35 heavy (non-hydrogen) atoms. The van der Waals surface area contributed by atoms with Crippen molar-refractivity contribution >= 4 is 18.1 Å². The minimum Gasteiger partial charge on any atom is -0.449 e. The predicted molar refractivity (Wildman–Crippen MR) is 122 cm³/mol. The number of hydrogen-bond donors (Lipinski definition) is 4. The van der Waals surface area contributed by atoms with Crippen LogP contribution in [0.5, 0.6) is 0 Å². The van der Waals surface area contributed by atoms with Crippen molar-refractivity contribution in [3.8, 4) is 0 Å². The fraction of sp³-hybridized carbons (Fsp3) is 0.727. The number of nitrogens with one attached hydrogen (secondary N) is 1. The van der Waals surface area contributed by atoms with Crippen molar-refractivity contribution in [2.24, 2.45) is 0 Å². The lowest BCUT2D eigenvalue weighted by molar-refractivity contribution is -0.321.